The number of rotatable bonds is 8. The Hall–Kier alpha value is -2.87. The minimum atomic E-state index is -0.480. The van der Waals surface area contributed by atoms with Crippen molar-refractivity contribution < 1.29 is 14.2 Å². The fourth-order valence-corrected chi connectivity index (χ4v) is 4.16. The zero-order valence-electron chi connectivity index (χ0n) is 19.5. The number of aromatic nitrogens is 1. The Morgan fingerprint density at radius 2 is 1.85 bits per heavy atom. The molecule has 0 amide bonds. The largest absolute Gasteiger partial charge is 0.507 e. The number of methoxy groups -OCH3 is 1. The fourth-order valence-electron chi connectivity index (χ4n) is 4.05. The number of likely N-dealkylation sites (N-methyl/N-ethyl adjacent to an activating group) is 1. The van der Waals surface area contributed by atoms with Crippen LogP contribution in [0, 0.1) is 5.82 Å². The summed E-state index contributed by atoms with van der Waals surface area (Å²) in [5, 5.41) is 14.0. The predicted molar refractivity (Wildman–Crippen MR) is 135 cm³/mol. The van der Waals surface area contributed by atoms with E-state index in [-0.39, 0.29) is 10.8 Å². The van der Waals surface area contributed by atoms with Crippen LogP contribution in [0.3, 0.4) is 0 Å². The number of nitrogens with zero attached hydrogens (tertiary/aromatic N) is 3. The summed E-state index contributed by atoms with van der Waals surface area (Å²) in [6.07, 6.45) is 0.980. The van der Waals surface area contributed by atoms with Gasteiger partial charge in [0.2, 0.25) is 0 Å². The van der Waals surface area contributed by atoms with E-state index in [0.717, 1.165) is 51.3 Å². The summed E-state index contributed by atoms with van der Waals surface area (Å²) in [5.41, 5.74) is 2.60. The maximum atomic E-state index is 14.2. The molecule has 1 aliphatic heterocycles. The lowest BCUT2D eigenvalue weighted by Crippen LogP contribution is -2.44. The molecule has 180 valence electrons. The number of aromatic hydroxyl groups is 1. The second kappa shape index (κ2) is 11.0. The van der Waals surface area contributed by atoms with Crippen LogP contribution < -0.4 is 10.1 Å². The van der Waals surface area contributed by atoms with E-state index in [0.29, 0.717) is 28.4 Å². The number of hydrogen-bond acceptors (Lipinski definition) is 6. The fraction of sp³-hybridized carbons (Fsp3) is 0.346. The number of halogens is 2. The van der Waals surface area contributed by atoms with E-state index in [1.165, 1.54) is 6.07 Å². The summed E-state index contributed by atoms with van der Waals surface area (Å²) in [6, 6.07) is 13.5. The van der Waals surface area contributed by atoms with Crippen molar-refractivity contribution in [3.8, 4) is 33.9 Å². The number of ether oxygens (including phenoxy) is 1. The van der Waals surface area contributed by atoms with Gasteiger partial charge in [0.05, 0.1) is 17.8 Å². The highest BCUT2D eigenvalue weighted by Gasteiger charge is 2.14. The number of phenolic OH excluding ortho intramolecular Hbond substituents is 1. The van der Waals surface area contributed by atoms with Gasteiger partial charge in [-0.05, 0) is 67.5 Å². The molecule has 0 spiro atoms. The van der Waals surface area contributed by atoms with Gasteiger partial charge in [-0.25, -0.2) is 9.37 Å². The van der Waals surface area contributed by atoms with Crippen molar-refractivity contribution >= 4 is 17.4 Å². The Balaban J connectivity index is 1.56. The van der Waals surface area contributed by atoms with E-state index < -0.39 is 5.82 Å². The second-order valence-electron chi connectivity index (χ2n) is 8.56. The van der Waals surface area contributed by atoms with Gasteiger partial charge in [-0.15, -0.1) is 0 Å². The van der Waals surface area contributed by atoms with Crippen LogP contribution in [0.5, 0.6) is 11.5 Å². The number of benzene rings is 2. The summed E-state index contributed by atoms with van der Waals surface area (Å²) in [6.45, 7) is 6.16. The molecule has 0 atom stereocenters. The summed E-state index contributed by atoms with van der Waals surface area (Å²) < 4.78 is 19.4. The Bertz CT molecular complexity index is 1140. The summed E-state index contributed by atoms with van der Waals surface area (Å²) in [4.78, 5) is 9.55. The molecule has 0 radical (unpaired) electrons. The molecule has 2 heterocycles. The van der Waals surface area contributed by atoms with Crippen LogP contribution >= 0.6 is 11.6 Å². The first-order chi connectivity index (χ1) is 16.4. The number of phenols is 1. The third-order valence-corrected chi connectivity index (χ3v) is 6.42. The number of nitrogens with one attached hydrogen (secondary N) is 1. The third-order valence-electron chi connectivity index (χ3n) is 6.11. The lowest BCUT2D eigenvalue weighted by Gasteiger charge is -2.32. The van der Waals surface area contributed by atoms with Crippen LogP contribution in [-0.4, -0.2) is 73.3 Å². The van der Waals surface area contributed by atoms with Gasteiger partial charge in [0.1, 0.15) is 23.1 Å². The molecule has 8 heteroatoms. The number of pyridine rings is 1. The average molecular weight is 485 g/mol. The van der Waals surface area contributed by atoms with E-state index in [1.54, 1.807) is 37.4 Å². The van der Waals surface area contributed by atoms with Gasteiger partial charge in [-0.3, -0.25) is 0 Å². The van der Waals surface area contributed by atoms with Gasteiger partial charge in [0.25, 0.3) is 0 Å². The second-order valence-corrected chi connectivity index (χ2v) is 8.97. The molecule has 0 unspecified atom stereocenters. The topological polar surface area (TPSA) is 60.9 Å². The van der Waals surface area contributed by atoms with Gasteiger partial charge >= 0.3 is 0 Å². The summed E-state index contributed by atoms with van der Waals surface area (Å²) in [5.74, 6) is 0.801. The predicted octanol–water partition coefficient (Wildman–Crippen LogP) is 4.97. The van der Waals surface area contributed by atoms with Crippen molar-refractivity contribution in [2.45, 2.75) is 6.42 Å². The van der Waals surface area contributed by atoms with Crippen LogP contribution in [0.4, 0.5) is 10.2 Å². The molecule has 1 aromatic heterocycles. The first-order valence-corrected chi connectivity index (χ1v) is 11.8. The maximum absolute atomic E-state index is 14.2. The highest BCUT2D eigenvalue weighted by Crippen LogP contribution is 2.35. The van der Waals surface area contributed by atoms with E-state index in [9.17, 15) is 9.50 Å². The lowest BCUT2D eigenvalue weighted by molar-refractivity contribution is 0.154. The Kier molecular flexibility index (Phi) is 7.88. The zero-order valence-corrected chi connectivity index (χ0v) is 20.3. The van der Waals surface area contributed by atoms with Crippen molar-refractivity contribution in [2.24, 2.45) is 0 Å². The van der Waals surface area contributed by atoms with Gasteiger partial charge in [-0.1, -0.05) is 17.7 Å². The molecule has 4 rings (SSSR count). The van der Waals surface area contributed by atoms with Crippen LogP contribution in [0.2, 0.25) is 5.02 Å². The van der Waals surface area contributed by atoms with Crippen LogP contribution in [0.1, 0.15) is 6.42 Å². The van der Waals surface area contributed by atoms with E-state index in [1.807, 2.05) is 12.1 Å². The molecular formula is C26H30ClFN4O2. The van der Waals surface area contributed by atoms with Gasteiger partial charge in [0, 0.05) is 44.4 Å². The monoisotopic (exact) mass is 484 g/mol. The lowest BCUT2D eigenvalue weighted by atomic mass is 10.0. The quantitative estimate of drug-likeness (QED) is 0.440. The minimum Gasteiger partial charge on any atom is -0.507 e. The van der Waals surface area contributed by atoms with Crippen molar-refractivity contribution in [2.75, 3.05) is 58.7 Å². The molecule has 3 aromatic rings. The number of hydrogen-bond donors (Lipinski definition) is 2. The molecule has 1 saturated heterocycles. The molecule has 2 aromatic carbocycles. The van der Waals surface area contributed by atoms with Crippen LogP contribution in [-0.2, 0) is 0 Å². The van der Waals surface area contributed by atoms with E-state index in [2.05, 4.69) is 22.2 Å². The molecule has 1 aliphatic rings. The minimum absolute atomic E-state index is 0.0623. The van der Waals surface area contributed by atoms with Crippen molar-refractivity contribution in [3.05, 3.63) is 59.4 Å². The van der Waals surface area contributed by atoms with Crippen LogP contribution in [0.25, 0.3) is 22.4 Å². The van der Waals surface area contributed by atoms with Crippen molar-refractivity contribution in [3.63, 3.8) is 0 Å². The summed E-state index contributed by atoms with van der Waals surface area (Å²) >= 11 is 5.88. The molecule has 2 N–H and O–H groups in total. The molecule has 1 fully saturated rings. The standard InChI is InChI=1S/C26H30ClFN4O2/c1-31-10-12-32(13-11-31)9-3-8-29-26-16-19(18-4-7-22(27)23(28)14-18)15-24(30-26)21-6-5-20(34-2)17-25(21)33/h4-7,14-17,33H,3,8-13H2,1-2H3,(H,29,30). The van der Waals surface area contributed by atoms with Crippen molar-refractivity contribution in [1.29, 1.82) is 0 Å². The van der Waals surface area contributed by atoms with E-state index in [4.69, 9.17) is 21.3 Å². The Morgan fingerprint density at radius 1 is 1.06 bits per heavy atom. The first-order valence-electron chi connectivity index (χ1n) is 11.4. The molecule has 6 nitrogen and oxygen atoms in total. The molecular weight excluding hydrogens is 455 g/mol. The molecule has 0 bridgehead atoms. The normalized spacial score (nSPS) is 14.8. The number of piperazine rings is 1. The van der Waals surface area contributed by atoms with Gasteiger partial charge in [0.15, 0.2) is 0 Å². The summed E-state index contributed by atoms with van der Waals surface area (Å²) in [7, 11) is 3.70. The molecule has 34 heavy (non-hydrogen) atoms. The average Bonchev–Trinajstić information content (AvgIpc) is 2.84. The van der Waals surface area contributed by atoms with E-state index >= 15 is 0 Å². The third kappa shape index (κ3) is 5.97. The Labute approximate surface area is 204 Å². The number of anilines is 1. The van der Waals surface area contributed by atoms with Gasteiger partial charge in [-0.2, -0.15) is 0 Å². The smallest absolute Gasteiger partial charge is 0.142 e. The molecule has 0 saturated carbocycles. The highest BCUT2D eigenvalue weighted by molar-refractivity contribution is 6.30. The first kappa shape index (κ1) is 24.3. The SMILES string of the molecule is COc1ccc(-c2cc(-c3ccc(Cl)c(F)c3)cc(NCCCN3CCN(C)CC3)n2)c(O)c1. The Morgan fingerprint density at radius 3 is 2.56 bits per heavy atom. The van der Waals surface area contributed by atoms with Crippen molar-refractivity contribution in [1.82, 2.24) is 14.8 Å². The highest BCUT2D eigenvalue weighted by atomic mass is 35.5. The molecule has 0 aliphatic carbocycles. The zero-order chi connectivity index (χ0) is 24.1. The maximum Gasteiger partial charge on any atom is 0.142 e. The van der Waals surface area contributed by atoms with Crippen LogP contribution in [0.15, 0.2) is 48.5 Å². The van der Waals surface area contributed by atoms with Gasteiger partial charge < -0.3 is 25.0 Å².